The highest BCUT2D eigenvalue weighted by Crippen LogP contribution is 2.29. The van der Waals surface area contributed by atoms with Crippen LogP contribution < -0.4 is 0 Å². The number of hydrogen-bond donors (Lipinski definition) is 0. The predicted molar refractivity (Wildman–Crippen MR) is 63.9 cm³/mol. The molecule has 1 fully saturated rings. The van der Waals surface area contributed by atoms with Gasteiger partial charge in [-0.15, -0.1) is 0 Å². The van der Waals surface area contributed by atoms with E-state index in [2.05, 4.69) is 26.6 Å². The van der Waals surface area contributed by atoms with Gasteiger partial charge >= 0.3 is 0 Å². The zero-order valence-corrected chi connectivity index (χ0v) is 10.7. The van der Waals surface area contributed by atoms with Crippen molar-refractivity contribution in [2.24, 2.45) is 0 Å². The van der Waals surface area contributed by atoms with Crippen LogP contribution in [-0.2, 0) is 0 Å². The Kier molecular flexibility index (Phi) is 3.78. The van der Waals surface area contributed by atoms with Crippen molar-refractivity contribution in [3.05, 3.63) is 11.1 Å². The molecular formula is C12H24Si. The van der Waals surface area contributed by atoms with Crippen molar-refractivity contribution < 1.29 is 0 Å². The third-order valence-electron chi connectivity index (χ3n) is 2.86. The van der Waals surface area contributed by atoms with Crippen LogP contribution in [0.2, 0.25) is 25.7 Å². The van der Waals surface area contributed by atoms with Gasteiger partial charge in [0.1, 0.15) is 0 Å². The fraction of sp³-hybridized carbons (Fsp3) is 0.833. The van der Waals surface area contributed by atoms with Crippen molar-refractivity contribution in [3.63, 3.8) is 0 Å². The van der Waals surface area contributed by atoms with Gasteiger partial charge in [0.05, 0.1) is 0 Å². The van der Waals surface area contributed by atoms with Gasteiger partial charge in [-0.25, -0.2) is 0 Å². The van der Waals surface area contributed by atoms with Crippen LogP contribution in [0.5, 0.6) is 0 Å². The zero-order valence-electron chi connectivity index (χ0n) is 9.74. The zero-order chi connectivity index (χ0) is 9.90. The second kappa shape index (κ2) is 4.45. The third-order valence-corrected chi connectivity index (χ3v) is 4.45. The monoisotopic (exact) mass is 196 g/mol. The fourth-order valence-corrected chi connectivity index (χ4v) is 4.17. The molecule has 1 aliphatic carbocycles. The van der Waals surface area contributed by atoms with Crippen LogP contribution in [0, 0.1) is 0 Å². The minimum Gasteiger partial charge on any atom is -0.0768 e. The molecule has 0 N–H and O–H groups in total. The Hall–Kier alpha value is -0.0431. The van der Waals surface area contributed by atoms with E-state index in [4.69, 9.17) is 0 Å². The van der Waals surface area contributed by atoms with Gasteiger partial charge in [-0.05, 0) is 38.7 Å². The quantitative estimate of drug-likeness (QED) is 0.447. The van der Waals surface area contributed by atoms with Gasteiger partial charge < -0.3 is 0 Å². The van der Waals surface area contributed by atoms with Crippen molar-refractivity contribution >= 4 is 8.07 Å². The highest BCUT2D eigenvalue weighted by atomic mass is 28.3. The lowest BCUT2D eigenvalue weighted by Gasteiger charge is -2.22. The Morgan fingerprint density at radius 1 is 1.08 bits per heavy atom. The van der Waals surface area contributed by atoms with E-state index in [1.807, 2.05) is 0 Å². The van der Waals surface area contributed by atoms with E-state index < -0.39 is 8.07 Å². The molecule has 1 aliphatic rings. The Morgan fingerprint density at radius 2 is 1.62 bits per heavy atom. The van der Waals surface area contributed by atoms with Gasteiger partial charge in [0.25, 0.3) is 0 Å². The van der Waals surface area contributed by atoms with Gasteiger partial charge in [-0.3, -0.25) is 0 Å². The molecule has 1 rings (SSSR count). The molecule has 0 saturated heterocycles. The van der Waals surface area contributed by atoms with Crippen molar-refractivity contribution in [2.45, 2.75) is 64.7 Å². The van der Waals surface area contributed by atoms with Gasteiger partial charge in [0.15, 0.2) is 0 Å². The molecule has 0 unspecified atom stereocenters. The summed E-state index contributed by atoms with van der Waals surface area (Å²) >= 11 is 0. The summed E-state index contributed by atoms with van der Waals surface area (Å²) in [6.45, 7) is 9.79. The van der Waals surface area contributed by atoms with E-state index >= 15 is 0 Å². The molecule has 1 heteroatoms. The van der Waals surface area contributed by atoms with Crippen LogP contribution >= 0.6 is 0 Å². The molecular weight excluding hydrogens is 172 g/mol. The van der Waals surface area contributed by atoms with E-state index in [1.54, 1.807) is 11.1 Å². The summed E-state index contributed by atoms with van der Waals surface area (Å²) in [7, 11) is -0.862. The molecule has 0 aromatic heterocycles. The molecule has 0 aliphatic heterocycles. The summed E-state index contributed by atoms with van der Waals surface area (Å²) in [5, 5.41) is 0. The number of rotatable bonds is 2. The highest BCUT2D eigenvalue weighted by molar-refractivity contribution is 6.76. The average molecular weight is 196 g/mol. The normalized spacial score (nSPS) is 18.9. The summed E-state index contributed by atoms with van der Waals surface area (Å²) in [6.07, 6.45) is 7.15. The lowest BCUT2D eigenvalue weighted by Crippen LogP contribution is -2.20. The van der Waals surface area contributed by atoms with Crippen molar-refractivity contribution in [3.8, 4) is 0 Å². The van der Waals surface area contributed by atoms with Crippen LogP contribution in [0.1, 0.15) is 39.0 Å². The smallest absolute Gasteiger partial charge is 0.0483 e. The molecule has 0 heterocycles. The summed E-state index contributed by atoms with van der Waals surface area (Å²) in [6, 6.07) is 1.42. The second-order valence-electron chi connectivity index (χ2n) is 5.68. The highest BCUT2D eigenvalue weighted by Gasteiger charge is 2.16. The molecule has 76 valence electrons. The molecule has 13 heavy (non-hydrogen) atoms. The topological polar surface area (TPSA) is 0 Å². The molecule has 0 aromatic carbocycles. The Bertz CT molecular complexity index is 188. The van der Waals surface area contributed by atoms with E-state index in [0.29, 0.717) is 0 Å². The lowest BCUT2D eigenvalue weighted by molar-refractivity contribution is 0.593. The van der Waals surface area contributed by atoms with E-state index in [1.165, 1.54) is 38.1 Å². The van der Waals surface area contributed by atoms with Gasteiger partial charge in [0.2, 0.25) is 0 Å². The predicted octanol–water partition coefficient (Wildman–Crippen LogP) is 4.61. The minimum absolute atomic E-state index is 0.862. The van der Waals surface area contributed by atoms with E-state index in [-0.39, 0.29) is 0 Å². The molecule has 0 atom stereocenters. The molecule has 0 radical (unpaired) electrons. The SMILES string of the molecule is CC(C[Si](C)(C)C)=C1CCCCC1. The minimum atomic E-state index is -0.862. The molecule has 0 amide bonds. The Balaban J connectivity index is 2.56. The number of allylic oxidation sites excluding steroid dienone is 2. The first-order valence-corrected chi connectivity index (χ1v) is 9.37. The molecule has 0 aromatic rings. The fourth-order valence-electron chi connectivity index (χ4n) is 2.33. The Morgan fingerprint density at radius 3 is 2.08 bits per heavy atom. The molecule has 0 bridgehead atoms. The van der Waals surface area contributed by atoms with E-state index in [9.17, 15) is 0 Å². The van der Waals surface area contributed by atoms with Crippen molar-refractivity contribution in [2.75, 3.05) is 0 Å². The summed E-state index contributed by atoms with van der Waals surface area (Å²) in [5.74, 6) is 0. The van der Waals surface area contributed by atoms with E-state index in [0.717, 1.165) is 0 Å². The molecule has 0 nitrogen and oxygen atoms in total. The van der Waals surface area contributed by atoms with Gasteiger partial charge in [-0.1, -0.05) is 37.2 Å². The first kappa shape index (κ1) is 11.0. The first-order chi connectivity index (χ1) is 5.99. The van der Waals surface area contributed by atoms with Crippen molar-refractivity contribution in [1.82, 2.24) is 0 Å². The van der Waals surface area contributed by atoms with Crippen LogP contribution in [0.15, 0.2) is 11.1 Å². The second-order valence-corrected chi connectivity index (χ2v) is 11.2. The van der Waals surface area contributed by atoms with Crippen LogP contribution in [0.25, 0.3) is 0 Å². The standard InChI is InChI=1S/C12H24Si/c1-11(10-13(2,3)4)12-8-6-5-7-9-12/h5-10H2,1-4H3. The van der Waals surface area contributed by atoms with Crippen molar-refractivity contribution in [1.29, 1.82) is 0 Å². The largest absolute Gasteiger partial charge is 0.0768 e. The number of hydrogen-bond acceptors (Lipinski definition) is 0. The maximum atomic E-state index is 2.47. The van der Waals surface area contributed by atoms with Gasteiger partial charge in [-0.2, -0.15) is 0 Å². The average Bonchev–Trinajstić information content (AvgIpc) is 2.03. The lowest BCUT2D eigenvalue weighted by atomic mass is 9.92. The van der Waals surface area contributed by atoms with Gasteiger partial charge in [0, 0.05) is 8.07 Å². The van der Waals surface area contributed by atoms with Crippen LogP contribution in [0.4, 0.5) is 0 Å². The molecule has 0 spiro atoms. The summed E-state index contributed by atoms with van der Waals surface area (Å²) < 4.78 is 0. The maximum Gasteiger partial charge on any atom is 0.0483 e. The van der Waals surface area contributed by atoms with Crippen LogP contribution in [0.3, 0.4) is 0 Å². The first-order valence-electron chi connectivity index (χ1n) is 5.66. The summed E-state index contributed by atoms with van der Waals surface area (Å²) in [5.41, 5.74) is 3.53. The maximum absolute atomic E-state index is 2.47. The Labute approximate surface area is 84.4 Å². The molecule has 1 saturated carbocycles. The summed E-state index contributed by atoms with van der Waals surface area (Å²) in [4.78, 5) is 0. The van der Waals surface area contributed by atoms with Crippen LogP contribution in [-0.4, -0.2) is 8.07 Å². The third kappa shape index (κ3) is 4.12.